The van der Waals surface area contributed by atoms with Gasteiger partial charge in [-0.25, -0.2) is 13.2 Å². The lowest BCUT2D eigenvalue weighted by Gasteiger charge is -2.27. The summed E-state index contributed by atoms with van der Waals surface area (Å²) in [5.74, 6) is -0.681. The average molecular weight is 612 g/mol. The Balaban J connectivity index is 1.66. The number of pyridine rings is 1. The van der Waals surface area contributed by atoms with Crippen LogP contribution < -0.4 is 5.32 Å². The number of carbonyl (C=O) groups is 1. The van der Waals surface area contributed by atoms with Gasteiger partial charge >= 0.3 is 6.09 Å². The Bertz CT molecular complexity index is 1660. The van der Waals surface area contributed by atoms with E-state index in [1.165, 1.54) is 24.3 Å². The van der Waals surface area contributed by atoms with Crippen LogP contribution in [0.3, 0.4) is 0 Å². The number of nitrogens with one attached hydrogen (secondary N) is 2. The molecule has 4 rings (SSSR count). The third-order valence-corrected chi connectivity index (χ3v) is 7.89. The van der Waals surface area contributed by atoms with E-state index in [0.717, 1.165) is 16.7 Å². The fourth-order valence-electron chi connectivity index (χ4n) is 3.85. The maximum absolute atomic E-state index is 13.4. The smallest absolute Gasteiger partial charge is 0.431 e. The highest BCUT2D eigenvalue weighted by Gasteiger charge is 2.36. The molecule has 0 saturated carbocycles. The van der Waals surface area contributed by atoms with Crippen molar-refractivity contribution in [2.45, 2.75) is 37.8 Å². The molecule has 0 aliphatic heterocycles. The molecule has 0 radical (unpaired) electrons. The molecule has 0 unspecified atom stereocenters. The van der Waals surface area contributed by atoms with Crippen molar-refractivity contribution in [3.8, 4) is 22.4 Å². The first-order valence-electron chi connectivity index (χ1n) is 12.5. The number of guanidine groups is 1. The zero-order valence-electron chi connectivity index (χ0n) is 22.6. The predicted molar refractivity (Wildman–Crippen MR) is 161 cm³/mol. The van der Waals surface area contributed by atoms with Gasteiger partial charge in [-0.05, 0) is 68.8 Å². The second kappa shape index (κ2) is 12.3. The number of rotatable bonds is 6. The Morgan fingerprint density at radius 2 is 1.44 bits per heavy atom. The lowest BCUT2D eigenvalue weighted by atomic mass is 9.99. The Kier molecular flexibility index (Phi) is 9.01. The molecule has 0 aliphatic rings. The molecule has 2 N–H and O–H groups in total. The number of amides is 1. The maximum Gasteiger partial charge on any atom is 0.431 e. The lowest BCUT2D eigenvalue weighted by Crippen LogP contribution is -2.49. The molecule has 4 aromatic rings. The van der Waals surface area contributed by atoms with Gasteiger partial charge in [0, 0.05) is 21.2 Å². The molecule has 212 valence electrons. The first-order valence-corrected chi connectivity index (χ1v) is 14.7. The van der Waals surface area contributed by atoms with Crippen LogP contribution in [0.5, 0.6) is 0 Å². The van der Waals surface area contributed by atoms with Crippen molar-refractivity contribution < 1.29 is 17.9 Å². The highest BCUT2D eigenvalue weighted by Crippen LogP contribution is 2.32. The van der Waals surface area contributed by atoms with Gasteiger partial charge in [-0.1, -0.05) is 71.7 Å². The first kappa shape index (κ1) is 30.0. The summed E-state index contributed by atoms with van der Waals surface area (Å²) in [6, 6.07) is 25.6. The molecule has 0 saturated heterocycles. The summed E-state index contributed by atoms with van der Waals surface area (Å²) in [6.45, 7) is 4.78. The van der Waals surface area contributed by atoms with Crippen LogP contribution in [0.4, 0.5) is 4.79 Å². The highest BCUT2D eigenvalue weighted by molar-refractivity contribution is 7.90. The molecular formula is C30H28Cl2N4O4S. The zero-order chi connectivity index (χ0) is 29.8. The number of halogens is 2. The molecule has 0 bridgehead atoms. The molecule has 41 heavy (non-hydrogen) atoms. The van der Waals surface area contributed by atoms with Gasteiger partial charge in [0.25, 0.3) is 10.0 Å². The number of nitrogens with zero attached hydrogens (tertiary/aromatic N) is 2. The van der Waals surface area contributed by atoms with Crippen molar-refractivity contribution in [1.82, 2.24) is 14.6 Å². The summed E-state index contributed by atoms with van der Waals surface area (Å²) in [6.07, 6.45) is -1.20. The molecule has 0 aliphatic carbocycles. The van der Waals surface area contributed by atoms with Gasteiger partial charge in [0.2, 0.25) is 5.96 Å². The number of ether oxygens (including phenoxy) is 1. The monoisotopic (exact) mass is 610 g/mol. The van der Waals surface area contributed by atoms with E-state index in [9.17, 15) is 13.2 Å². The van der Waals surface area contributed by atoms with Crippen LogP contribution in [-0.4, -0.2) is 35.4 Å². The number of hydrogen-bond donors (Lipinski definition) is 2. The van der Waals surface area contributed by atoms with Crippen LogP contribution >= 0.6 is 23.2 Å². The second-order valence-electron chi connectivity index (χ2n) is 9.98. The van der Waals surface area contributed by atoms with E-state index in [0.29, 0.717) is 25.7 Å². The summed E-state index contributed by atoms with van der Waals surface area (Å²) in [7, 11) is -4.45. The van der Waals surface area contributed by atoms with Crippen LogP contribution in [0.2, 0.25) is 10.0 Å². The minimum atomic E-state index is -4.45. The third kappa shape index (κ3) is 7.43. The van der Waals surface area contributed by atoms with Crippen molar-refractivity contribution in [2.75, 3.05) is 0 Å². The van der Waals surface area contributed by atoms with Crippen LogP contribution in [0.15, 0.2) is 95.9 Å². The van der Waals surface area contributed by atoms with E-state index in [1.54, 1.807) is 57.2 Å². The number of hydrogen-bond acceptors (Lipinski definition) is 6. The van der Waals surface area contributed by atoms with Gasteiger partial charge in [0.05, 0.1) is 22.8 Å². The van der Waals surface area contributed by atoms with E-state index in [4.69, 9.17) is 38.3 Å². The van der Waals surface area contributed by atoms with E-state index in [1.807, 2.05) is 30.3 Å². The van der Waals surface area contributed by atoms with Gasteiger partial charge < -0.3 is 10.1 Å². The summed E-state index contributed by atoms with van der Waals surface area (Å²) in [4.78, 5) is 17.7. The van der Waals surface area contributed by atoms with Crippen molar-refractivity contribution in [3.63, 3.8) is 0 Å². The zero-order valence-corrected chi connectivity index (χ0v) is 24.9. The molecule has 0 fully saturated rings. The predicted octanol–water partition coefficient (Wildman–Crippen LogP) is 7.37. The summed E-state index contributed by atoms with van der Waals surface area (Å²) < 4.78 is 32.5. The largest absolute Gasteiger partial charge is 0.443 e. The Morgan fingerprint density at radius 3 is 2.00 bits per heavy atom. The highest BCUT2D eigenvalue weighted by atomic mass is 35.5. The Hall–Kier alpha value is -3.92. The Labute approximate surface area is 249 Å². The molecule has 0 spiro atoms. The second-order valence-corrected chi connectivity index (χ2v) is 12.6. The summed E-state index contributed by atoms with van der Waals surface area (Å²) in [5.41, 5.74) is 2.69. The van der Waals surface area contributed by atoms with E-state index in [2.05, 4.69) is 5.32 Å². The maximum atomic E-state index is 13.4. The van der Waals surface area contributed by atoms with Crippen LogP contribution in [0.1, 0.15) is 26.5 Å². The fraction of sp³-hybridized carbons (Fsp3) is 0.167. The van der Waals surface area contributed by atoms with Crippen molar-refractivity contribution in [3.05, 3.63) is 107 Å². The van der Waals surface area contributed by atoms with Gasteiger partial charge in [0.1, 0.15) is 5.60 Å². The number of sulfonamides is 1. The van der Waals surface area contributed by atoms with Gasteiger partial charge in [0.15, 0.2) is 0 Å². The quantitative estimate of drug-likeness (QED) is 0.174. The van der Waals surface area contributed by atoms with E-state index < -0.39 is 27.7 Å². The summed E-state index contributed by atoms with van der Waals surface area (Å²) >= 11 is 12.2. The Morgan fingerprint density at radius 1 is 0.878 bits per heavy atom. The van der Waals surface area contributed by atoms with Crippen LogP contribution in [-0.2, 0) is 21.3 Å². The molecule has 1 amide bonds. The van der Waals surface area contributed by atoms with E-state index in [-0.39, 0.29) is 11.4 Å². The van der Waals surface area contributed by atoms with E-state index >= 15 is 0 Å². The first-order chi connectivity index (χ1) is 19.3. The standard InChI is InChI=1S/C30H28Cl2N4O4S/c1-30(2,3)40-29(37)36(41(38,39)25-7-5-4-6-8-25)28(33)34-19-24-17-18-26(20-9-13-22(31)14-10-20)27(35-24)21-11-15-23(32)16-12-21/h4-18H,19H2,1-3H3,(H2,33,34). The van der Waals surface area contributed by atoms with Crippen molar-refractivity contribution >= 4 is 45.3 Å². The van der Waals surface area contributed by atoms with Crippen molar-refractivity contribution in [1.29, 1.82) is 5.41 Å². The molecule has 1 aromatic heterocycles. The molecule has 1 heterocycles. The van der Waals surface area contributed by atoms with Crippen LogP contribution in [0.25, 0.3) is 22.4 Å². The molecule has 11 heteroatoms. The van der Waals surface area contributed by atoms with Gasteiger partial charge in [-0.3, -0.25) is 10.4 Å². The topological polar surface area (TPSA) is 112 Å². The normalized spacial score (nSPS) is 11.5. The number of aromatic nitrogens is 1. The lowest BCUT2D eigenvalue weighted by molar-refractivity contribution is 0.0460. The molecule has 0 atom stereocenters. The van der Waals surface area contributed by atoms with Crippen LogP contribution in [0, 0.1) is 5.41 Å². The molecular weight excluding hydrogens is 583 g/mol. The van der Waals surface area contributed by atoms with Gasteiger partial charge in [-0.2, -0.15) is 0 Å². The SMILES string of the molecule is CC(C)(C)OC(=O)N(C(=N)NCc1ccc(-c2ccc(Cl)cc2)c(-c2ccc(Cl)cc2)n1)S(=O)(=O)c1ccccc1. The number of carbonyl (C=O) groups excluding carboxylic acids is 1. The fourth-order valence-corrected chi connectivity index (χ4v) is 5.35. The minimum absolute atomic E-state index is 0.0517. The average Bonchev–Trinajstić information content (AvgIpc) is 2.92. The van der Waals surface area contributed by atoms with Crippen molar-refractivity contribution in [2.24, 2.45) is 0 Å². The molecule has 3 aromatic carbocycles. The third-order valence-electron chi connectivity index (χ3n) is 5.71. The minimum Gasteiger partial charge on any atom is -0.443 e. The van der Waals surface area contributed by atoms with Gasteiger partial charge in [-0.15, -0.1) is 4.31 Å². The number of benzene rings is 3. The summed E-state index contributed by atoms with van der Waals surface area (Å²) in [5, 5.41) is 12.5. The molecule has 8 nitrogen and oxygen atoms in total.